The van der Waals surface area contributed by atoms with Crippen molar-refractivity contribution in [2.75, 3.05) is 13.2 Å². The van der Waals surface area contributed by atoms with Crippen LogP contribution in [0.1, 0.15) is 36.8 Å². The molecule has 0 heterocycles. The molecule has 0 spiro atoms. The molecule has 0 aliphatic carbocycles. The predicted octanol–water partition coefficient (Wildman–Crippen LogP) is 2.94. The van der Waals surface area contributed by atoms with Crippen molar-refractivity contribution in [1.29, 1.82) is 0 Å². The Morgan fingerprint density at radius 1 is 1.00 bits per heavy atom. The van der Waals surface area contributed by atoms with E-state index in [0.717, 1.165) is 42.6 Å². The third-order valence-electron chi connectivity index (χ3n) is 2.74. The molecule has 2 N–H and O–H groups in total. The second-order valence-electron chi connectivity index (χ2n) is 4.39. The van der Waals surface area contributed by atoms with Crippen molar-refractivity contribution in [3.63, 3.8) is 0 Å². The Morgan fingerprint density at radius 2 is 1.59 bits per heavy atom. The van der Waals surface area contributed by atoms with Crippen LogP contribution < -0.4 is 4.74 Å². The van der Waals surface area contributed by atoms with Gasteiger partial charge in [-0.25, -0.2) is 0 Å². The molecule has 0 atom stereocenters. The Balaban J connectivity index is 2.36. The van der Waals surface area contributed by atoms with Crippen molar-refractivity contribution in [3.8, 4) is 11.5 Å². The van der Waals surface area contributed by atoms with E-state index in [-0.39, 0.29) is 12.4 Å². The number of phenols is 1. The molecule has 0 fully saturated rings. The van der Waals surface area contributed by atoms with Crippen LogP contribution >= 0.6 is 0 Å². The summed E-state index contributed by atoms with van der Waals surface area (Å²) >= 11 is 0. The third-order valence-corrected chi connectivity index (χ3v) is 2.74. The van der Waals surface area contributed by atoms with Gasteiger partial charge in [0, 0.05) is 6.61 Å². The molecule has 1 rings (SSSR count). The van der Waals surface area contributed by atoms with E-state index in [1.807, 2.05) is 13.8 Å². The Morgan fingerprint density at radius 3 is 2.18 bits per heavy atom. The summed E-state index contributed by atoms with van der Waals surface area (Å²) in [5, 5.41) is 18.1. The molecule has 0 radical (unpaired) electrons. The summed E-state index contributed by atoms with van der Waals surface area (Å²) in [7, 11) is 0. The molecule has 1 aromatic carbocycles. The summed E-state index contributed by atoms with van der Waals surface area (Å²) in [5.41, 5.74) is 1.94. The molecule has 0 aromatic heterocycles. The maximum absolute atomic E-state index is 9.41. The molecule has 0 aliphatic heterocycles. The molecule has 0 saturated carbocycles. The van der Waals surface area contributed by atoms with E-state index in [1.165, 1.54) is 0 Å². The molecule has 0 amide bonds. The predicted molar refractivity (Wildman–Crippen MR) is 68.6 cm³/mol. The lowest BCUT2D eigenvalue weighted by molar-refractivity contribution is 0.272. The first-order chi connectivity index (χ1) is 8.15. The Hall–Kier alpha value is -1.22. The van der Waals surface area contributed by atoms with Gasteiger partial charge < -0.3 is 14.9 Å². The highest BCUT2D eigenvalue weighted by Crippen LogP contribution is 2.27. The van der Waals surface area contributed by atoms with E-state index >= 15 is 0 Å². The number of hydrogen-bond acceptors (Lipinski definition) is 3. The minimum absolute atomic E-state index is 0.275. The topological polar surface area (TPSA) is 49.7 Å². The Kier molecular flexibility index (Phi) is 5.84. The fraction of sp³-hybridized carbons (Fsp3) is 0.571. The zero-order valence-corrected chi connectivity index (χ0v) is 10.7. The summed E-state index contributed by atoms with van der Waals surface area (Å²) in [4.78, 5) is 0. The van der Waals surface area contributed by atoms with Crippen molar-refractivity contribution in [3.05, 3.63) is 23.3 Å². The normalized spacial score (nSPS) is 10.5. The van der Waals surface area contributed by atoms with Gasteiger partial charge in [0.25, 0.3) is 0 Å². The average Bonchev–Trinajstić information content (AvgIpc) is 2.26. The molecule has 17 heavy (non-hydrogen) atoms. The smallest absolute Gasteiger partial charge is 0.125 e. The zero-order valence-electron chi connectivity index (χ0n) is 10.7. The highest BCUT2D eigenvalue weighted by Gasteiger charge is 2.05. The van der Waals surface area contributed by atoms with Gasteiger partial charge in [0.1, 0.15) is 11.5 Å². The quantitative estimate of drug-likeness (QED) is 0.718. The number of benzene rings is 1. The van der Waals surface area contributed by atoms with Crippen LogP contribution in [0.2, 0.25) is 0 Å². The number of hydrogen-bond donors (Lipinski definition) is 2. The molecule has 0 unspecified atom stereocenters. The van der Waals surface area contributed by atoms with Gasteiger partial charge in [-0.2, -0.15) is 0 Å². The van der Waals surface area contributed by atoms with Gasteiger partial charge in [-0.05, 0) is 56.4 Å². The molecular formula is C14H22O3. The van der Waals surface area contributed by atoms with E-state index in [9.17, 15) is 5.11 Å². The maximum Gasteiger partial charge on any atom is 0.125 e. The third kappa shape index (κ3) is 4.65. The van der Waals surface area contributed by atoms with Crippen molar-refractivity contribution < 1.29 is 14.9 Å². The molecule has 1 aromatic rings. The van der Waals surface area contributed by atoms with Crippen LogP contribution in [-0.4, -0.2) is 23.4 Å². The van der Waals surface area contributed by atoms with Gasteiger partial charge in [0.05, 0.1) is 6.61 Å². The first-order valence-electron chi connectivity index (χ1n) is 6.19. The van der Waals surface area contributed by atoms with E-state index in [0.29, 0.717) is 6.61 Å². The minimum Gasteiger partial charge on any atom is -0.508 e. The molecule has 0 aliphatic rings. The fourth-order valence-corrected chi connectivity index (χ4v) is 1.90. The number of aryl methyl sites for hydroxylation is 2. The lowest BCUT2D eigenvalue weighted by atomic mass is 10.1. The summed E-state index contributed by atoms with van der Waals surface area (Å²) in [5.74, 6) is 1.17. The van der Waals surface area contributed by atoms with Crippen LogP contribution in [0.15, 0.2) is 12.1 Å². The van der Waals surface area contributed by atoms with E-state index in [2.05, 4.69) is 0 Å². The second kappa shape index (κ2) is 7.17. The van der Waals surface area contributed by atoms with Crippen molar-refractivity contribution >= 4 is 0 Å². The number of ether oxygens (including phenoxy) is 1. The number of aliphatic hydroxyl groups excluding tert-OH is 1. The SMILES string of the molecule is Cc1cc(O)cc(C)c1OCCCCCCO. The van der Waals surface area contributed by atoms with Crippen LogP contribution in [-0.2, 0) is 0 Å². The van der Waals surface area contributed by atoms with Gasteiger partial charge in [-0.15, -0.1) is 0 Å². The highest BCUT2D eigenvalue weighted by atomic mass is 16.5. The molecule has 96 valence electrons. The van der Waals surface area contributed by atoms with Crippen LogP contribution in [0.4, 0.5) is 0 Å². The largest absolute Gasteiger partial charge is 0.508 e. The Bertz CT molecular complexity index is 324. The lowest BCUT2D eigenvalue weighted by Gasteiger charge is -2.12. The fourth-order valence-electron chi connectivity index (χ4n) is 1.90. The van der Waals surface area contributed by atoms with Crippen molar-refractivity contribution in [2.24, 2.45) is 0 Å². The van der Waals surface area contributed by atoms with Crippen LogP contribution in [0.3, 0.4) is 0 Å². The van der Waals surface area contributed by atoms with E-state index in [4.69, 9.17) is 9.84 Å². The first kappa shape index (κ1) is 13.8. The van der Waals surface area contributed by atoms with Gasteiger partial charge in [-0.1, -0.05) is 6.42 Å². The highest BCUT2D eigenvalue weighted by molar-refractivity contribution is 5.45. The van der Waals surface area contributed by atoms with Gasteiger partial charge in [0.2, 0.25) is 0 Å². The molecule has 3 heteroatoms. The Labute approximate surface area is 103 Å². The van der Waals surface area contributed by atoms with Crippen LogP contribution in [0.5, 0.6) is 11.5 Å². The minimum atomic E-state index is 0.275. The zero-order chi connectivity index (χ0) is 12.7. The summed E-state index contributed by atoms with van der Waals surface area (Å²) in [6.07, 6.45) is 4.00. The van der Waals surface area contributed by atoms with Crippen LogP contribution in [0.25, 0.3) is 0 Å². The summed E-state index contributed by atoms with van der Waals surface area (Å²) in [6.45, 7) is 4.84. The number of unbranched alkanes of at least 4 members (excludes halogenated alkanes) is 3. The van der Waals surface area contributed by atoms with Crippen molar-refractivity contribution in [1.82, 2.24) is 0 Å². The molecule has 0 bridgehead atoms. The second-order valence-corrected chi connectivity index (χ2v) is 4.39. The number of aromatic hydroxyl groups is 1. The lowest BCUT2D eigenvalue weighted by Crippen LogP contribution is -2.00. The monoisotopic (exact) mass is 238 g/mol. The molecule has 0 saturated heterocycles. The number of aliphatic hydroxyl groups is 1. The number of phenolic OH excluding ortho intramolecular Hbond substituents is 1. The molecular weight excluding hydrogens is 216 g/mol. The summed E-state index contributed by atoms with van der Waals surface area (Å²) in [6, 6.07) is 3.43. The summed E-state index contributed by atoms with van der Waals surface area (Å²) < 4.78 is 5.73. The van der Waals surface area contributed by atoms with Crippen LogP contribution in [0, 0.1) is 13.8 Å². The maximum atomic E-state index is 9.41. The van der Waals surface area contributed by atoms with Gasteiger partial charge >= 0.3 is 0 Å². The van der Waals surface area contributed by atoms with E-state index < -0.39 is 0 Å². The number of rotatable bonds is 7. The average molecular weight is 238 g/mol. The standard InChI is InChI=1S/C14H22O3/c1-11-9-13(16)10-12(2)14(11)17-8-6-4-3-5-7-15/h9-10,15-16H,3-8H2,1-2H3. The van der Waals surface area contributed by atoms with E-state index in [1.54, 1.807) is 12.1 Å². The van der Waals surface area contributed by atoms with Crippen molar-refractivity contribution in [2.45, 2.75) is 39.5 Å². The first-order valence-corrected chi connectivity index (χ1v) is 6.19. The molecule has 3 nitrogen and oxygen atoms in total. The van der Waals surface area contributed by atoms with Gasteiger partial charge in [-0.3, -0.25) is 0 Å². The van der Waals surface area contributed by atoms with Gasteiger partial charge in [0.15, 0.2) is 0 Å².